The highest BCUT2D eigenvalue weighted by Crippen LogP contribution is 2.00. The van der Waals surface area contributed by atoms with E-state index in [0.29, 0.717) is 5.56 Å². The van der Waals surface area contributed by atoms with Gasteiger partial charge < -0.3 is 0 Å². The average Bonchev–Trinajstić information content (AvgIpc) is 1.88. The van der Waals surface area contributed by atoms with Gasteiger partial charge in [-0.15, -0.1) is 0 Å². The van der Waals surface area contributed by atoms with Gasteiger partial charge in [-0.05, 0) is 18.6 Å². The summed E-state index contributed by atoms with van der Waals surface area (Å²) in [5.74, 6) is -0.434. The lowest BCUT2D eigenvalue weighted by molar-refractivity contribution is 0.104. The highest BCUT2D eigenvalue weighted by molar-refractivity contribution is 5.99. The standard InChI is InChI=1S/C8H7NO/c1-6-3-8(7(2)10)5-9-4-6/h2-5H,1H3. The molecule has 0 atom stereocenters. The SMILES string of the molecule is [CH]C(=O)c1cncc(C)c1. The van der Waals surface area contributed by atoms with Crippen LogP contribution < -0.4 is 0 Å². The molecule has 1 aromatic heterocycles. The Hall–Kier alpha value is -1.18. The van der Waals surface area contributed by atoms with Crippen LogP contribution in [0.2, 0.25) is 0 Å². The van der Waals surface area contributed by atoms with Crippen molar-refractivity contribution in [3.8, 4) is 0 Å². The van der Waals surface area contributed by atoms with E-state index in [0.717, 1.165) is 5.56 Å². The van der Waals surface area contributed by atoms with Gasteiger partial charge in [0.1, 0.15) is 0 Å². The number of aromatic nitrogens is 1. The Morgan fingerprint density at radius 3 is 2.70 bits per heavy atom. The zero-order valence-corrected chi connectivity index (χ0v) is 5.66. The molecule has 0 amide bonds. The number of nitrogens with zero attached hydrogens (tertiary/aromatic N) is 1. The van der Waals surface area contributed by atoms with Gasteiger partial charge in [-0.3, -0.25) is 9.78 Å². The van der Waals surface area contributed by atoms with E-state index in [1.54, 1.807) is 12.3 Å². The number of aryl methyl sites for hydroxylation is 1. The third-order valence-corrected chi connectivity index (χ3v) is 1.16. The molecule has 1 aromatic rings. The van der Waals surface area contributed by atoms with Crippen LogP contribution in [0.25, 0.3) is 0 Å². The van der Waals surface area contributed by atoms with Crippen LogP contribution in [0.4, 0.5) is 0 Å². The Labute approximate surface area is 59.9 Å². The van der Waals surface area contributed by atoms with E-state index in [2.05, 4.69) is 4.98 Å². The molecular formula is C8H7NO. The molecule has 0 unspecified atom stereocenters. The van der Waals surface area contributed by atoms with Crippen molar-refractivity contribution in [1.29, 1.82) is 0 Å². The van der Waals surface area contributed by atoms with Crippen molar-refractivity contribution in [2.75, 3.05) is 0 Å². The number of hydrogen-bond donors (Lipinski definition) is 0. The maximum Gasteiger partial charge on any atom is 0.169 e. The Morgan fingerprint density at radius 1 is 1.60 bits per heavy atom. The van der Waals surface area contributed by atoms with Gasteiger partial charge in [0.2, 0.25) is 0 Å². The first-order valence-corrected chi connectivity index (χ1v) is 2.91. The molecule has 0 saturated carbocycles. The Bertz CT molecular complexity index is 255. The minimum absolute atomic E-state index is 0.434. The van der Waals surface area contributed by atoms with Crippen LogP contribution in [-0.4, -0.2) is 10.8 Å². The van der Waals surface area contributed by atoms with Gasteiger partial charge in [-0.25, -0.2) is 0 Å². The molecule has 2 radical (unpaired) electrons. The molecular weight excluding hydrogens is 126 g/mol. The Kier molecular flexibility index (Phi) is 1.81. The number of ketones is 1. The molecule has 1 heterocycles. The van der Waals surface area contributed by atoms with Crippen molar-refractivity contribution in [2.45, 2.75) is 6.92 Å². The normalized spacial score (nSPS) is 9.40. The summed E-state index contributed by atoms with van der Waals surface area (Å²) in [4.78, 5) is 14.3. The molecule has 0 bridgehead atoms. The van der Waals surface area contributed by atoms with Crippen LogP contribution in [0.15, 0.2) is 18.5 Å². The fourth-order valence-corrected chi connectivity index (χ4v) is 0.690. The van der Waals surface area contributed by atoms with Crippen LogP contribution in [0.1, 0.15) is 15.9 Å². The summed E-state index contributed by atoms with van der Waals surface area (Å²) in [6.07, 6.45) is 3.13. The highest BCUT2D eigenvalue weighted by atomic mass is 16.1. The van der Waals surface area contributed by atoms with Gasteiger partial charge in [-0.1, -0.05) is 0 Å². The largest absolute Gasteiger partial charge is 0.294 e. The van der Waals surface area contributed by atoms with Gasteiger partial charge in [-0.2, -0.15) is 0 Å². The number of pyridine rings is 1. The van der Waals surface area contributed by atoms with Crippen LogP contribution in [0, 0.1) is 13.8 Å². The molecule has 0 N–H and O–H groups in total. The van der Waals surface area contributed by atoms with E-state index in [1.165, 1.54) is 6.20 Å². The molecule has 2 heteroatoms. The topological polar surface area (TPSA) is 30.0 Å². The van der Waals surface area contributed by atoms with E-state index < -0.39 is 5.78 Å². The summed E-state index contributed by atoms with van der Waals surface area (Å²) in [5, 5.41) is 0. The van der Waals surface area contributed by atoms with Crippen molar-refractivity contribution >= 4 is 5.78 Å². The summed E-state index contributed by atoms with van der Waals surface area (Å²) in [6, 6.07) is 1.70. The van der Waals surface area contributed by atoms with E-state index in [1.807, 2.05) is 6.92 Å². The van der Waals surface area contributed by atoms with Crippen LogP contribution >= 0.6 is 0 Å². The molecule has 0 aliphatic rings. The van der Waals surface area contributed by atoms with Crippen LogP contribution in [-0.2, 0) is 0 Å². The number of hydrogen-bond acceptors (Lipinski definition) is 2. The lowest BCUT2D eigenvalue weighted by atomic mass is 10.2. The fourth-order valence-electron chi connectivity index (χ4n) is 0.690. The number of carbonyl (C=O) groups excluding carboxylic acids is 1. The molecule has 0 saturated heterocycles. The van der Waals surface area contributed by atoms with Gasteiger partial charge in [0, 0.05) is 24.9 Å². The molecule has 0 aromatic carbocycles. The zero-order valence-electron chi connectivity index (χ0n) is 5.66. The summed E-state index contributed by atoms with van der Waals surface area (Å²) < 4.78 is 0. The maximum absolute atomic E-state index is 10.5. The first kappa shape index (κ1) is 6.93. The monoisotopic (exact) mass is 133 g/mol. The van der Waals surface area contributed by atoms with Gasteiger partial charge >= 0.3 is 0 Å². The van der Waals surface area contributed by atoms with Crippen molar-refractivity contribution < 1.29 is 4.79 Å². The van der Waals surface area contributed by atoms with Gasteiger partial charge in [0.05, 0.1) is 0 Å². The Morgan fingerprint density at radius 2 is 2.30 bits per heavy atom. The van der Waals surface area contributed by atoms with E-state index in [-0.39, 0.29) is 0 Å². The summed E-state index contributed by atoms with van der Waals surface area (Å²) in [5.41, 5.74) is 1.40. The van der Waals surface area contributed by atoms with Crippen LogP contribution in [0.5, 0.6) is 0 Å². The average molecular weight is 133 g/mol. The van der Waals surface area contributed by atoms with E-state index >= 15 is 0 Å². The summed E-state index contributed by atoms with van der Waals surface area (Å²) in [6.45, 7) is 6.86. The summed E-state index contributed by atoms with van der Waals surface area (Å²) in [7, 11) is 0. The van der Waals surface area contributed by atoms with Crippen molar-refractivity contribution in [1.82, 2.24) is 4.98 Å². The maximum atomic E-state index is 10.5. The molecule has 2 nitrogen and oxygen atoms in total. The van der Waals surface area contributed by atoms with Crippen LogP contribution in [0.3, 0.4) is 0 Å². The van der Waals surface area contributed by atoms with Crippen molar-refractivity contribution in [2.24, 2.45) is 0 Å². The molecule has 10 heavy (non-hydrogen) atoms. The first-order chi connectivity index (χ1) is 4.70. The minimum atomic E-state index is -0.434. The Balaban J connectivity index is 3.07. The van der Waals surface area contributed by atoms with E-state index in [9.17, 15) is 4.79 Å². The lowest BCUT2D eigenvalue weighted by Crippen LogP contribution is -1.93. The van der Waals surface area contributed by atoms with Crippen molar-refractivity contribution in [3.63, 3.8) is 0 Å². The second-order valence-electron chi connectivity index (χ2n) is 2.12. The van der Waals surface area contributed by atoms with Gasteiger partial charge in [0.15, 0.2) is 5.78 Å². The molecule has 0 aliphatic heterocycles. The predicted molar refractivity (Wildman–Crippen MR) is 37.6 cm³/mol. The molecule has 50 valence electrons. The quantitative estimate of drug-likeness (QED) is 0.540. The van der Waals surface area contributed by atoms with Gasteiger partial charge in [0.25, 0.3) is 0 Å². The fraction of sp³-hybridized carbons (Fsp3) is 0.125. The second kappa shape index (κ2) is 2.60. The lowest BCUT2D eigenvalue weighted by Gasteiger charge is -1.93. The predicted octanol–water partition coefficient (Wildman–Crippen LogP) is 1.28. The molecule has 0 fully saturated rings. The second-order valence-corrected chi connectivity index (χ2v) is 2.12. The third-order valence-electron chi connectivity index (χ3n) is 1.16. The molecule has 0 spiro atoms. The summed E-state index contributed by atoms with van der Waals surface area (Å²) >= 11 is 0. The number of rotatable bonds is 1. The highest BCUT2D eigenvalue weighted by Gasteiger charge is 1.97. The smallest absolute Gasteiger partial charge is 0.169 e. The minimum Gasteiger partial charge on any atom is -0.294 e. The molecule has 0 aliphatic carbocycles. The van der Waals surface area contributed by atoms with Crippen molar-refractivity contribution in [3.05, 3.63) is 36.5 Å². The zero-order chi connectivity index (χ0) is 7.56. The third kappa shape index (κ3) is 1.41. The molecule has 1 rings (SSSR count). The number of carbonyl (C=O) groups is 1. The number of Topliss-reactive ketones (excluding diaryl/α,β-unsaturated/α-hetero) is 1. The first-order valence-electron chi connectivity index (χ1n) is 2.91. The van der Waals surface area contributed by atoms with E-state index in [4.69, 9.17) is 6.92 Å².